The molecule has 6 N–H and O–H groups in total. The molecule has 4 atom stereocenters. The van der Waals surface area contributed by atoms with E-state index in [1.807, 2.05) is 40.0 Å². The van der Waals surface area contributed by atoms with Gasteiger partial charge in [-0.2, -0.15) is 0 Å². The van der Waals surface area contributed by atoms with Crippen LogP contribution in [0.1, 0.15) is 52.0 Å². The van der Waals surface area contributed by atoms with Gasteiger partial charge in [0.05, 0.1) is 18.7 Å². The molecule has 7 amide bonds. The van der Waals surface area contributed by atoms with Crippen molar-refractivity contribution in [3.63, 3.8) is 0 Å². The fourth-order valence-electron chi connectivity index (χ4n) is 6.07. The van der Waals surface area contributed by atoms with Crippen LogP contribution in [0, 0.1) is 24.5 Å². The lowest BCUT2D eigenvalue weighted by molar-refractivity contribution is -0.153. The minimum atomic E-state index is -0.724. The molecule has 4 unspecified atom stereocenters. The molecular formula is C39H55ClF2N8O8S. The van der Waals surface area contributed by atoms with Crippen molar-refractivity contribution in [2.45, 2.75) is 77.5 Å². The normalized spacial score (nSPS) is 17.4. The molecule has 59 heavy (non-hydrogen) atoms. The number of nitrogens with two attached hydrogens (primary N) is 1. The SMILES string of the molecule is CSNCC(C(=O)NC(C)C)N(C)C(=O)C1CC(C)CN1C(=O)CCOC(=O)C1CCCN1C=O.Cc1cccc(F)c1.NC(=O)CNC(=O)Nc1ccc(Cl)cc1F. The van der Waals surface area contributed by atoms with Gasteiger partial charge in [-0.15, -0.1) is 0 Å². The zero-order chi connectivity index (χ0) is 44.2. The van der Waals surface area contributed by atoms with Crippen LogP contribution in [-0.4, -0.2) is 127 Å². The van der Waals surface area contributed by atoms with Gasteiger partial charge in [0.15, 0.2) is 0 Å². The third-order valence-electron chi connectivity index (χ3n) is 8.93. The molecule has 0 radical (unpaired) electrons. The number of nitrogens with one attached hydrogen (secondary N) is 4. The van der Waals surface area contributed by atoms with Crippen LogP contribution < -0.4 is 26.4 Å². The second-order valence-corrected chi connectivity index (χ2v) is 15.3. The Bertz CT molecular complexity index is 1740. The third-order valence-corrected chi connectivity index (χ3v) is 9.62. The van der Waals surface area contributed by atoms with Gasteiger partial charge in [-0.3, -0.25) is 28.7 Å². The molecule has 2 aliphatic heterocycles. The molecule has 0 saturated carbocycles. The van der Waals surface area contributed by atoms with Crippen LogP contribution in [-0.2, 0) is 33.5 Å². The predicted octanol–water partition coefficient (Wildman–Crippen LogP) is 3.22. The van der Waals surface area contributed by atoms with Crippen LogP contribution in [0.25, 0.3) is 0 Å². The van der Waals surface area contributed by atoms with Crippen molar-refractivity contribution in [1.29, 1.82) is 0 Å². The molecule has 0 spiro atoms. The highest BCUT2D eigenvalue weighted by Gasteiger charge is 2.41. The first kappa shape index (κ1) is 50.1. The van der Waals surface area contributed by atoms with Gasteiger partial charge in [0.2, 0.25) is 30.0 Å². The first-order valence-electron chi connectivity index (χ1n) is 18.9. The van der Waals surface area contributed by atoms with E-state index in [1.165, 1.54) is 50.9 Å². The Morgan fingerprint density at radius 1 is 1.10 bits per heavy atom. The third kappa shape index (κ3) is 17.4. The number of carbonyl (C=O) groups excluding carboxylic acids is 7. The van der Waals surface area contributed by atoms with Crippen LogP contribution in [0.15, 0.2) is 42.5 Å². The maximum Gasteiger partial charge on any atom is 0.328 e. The van der Waals surface area contributed by atoms with Gasteiger partial charge in [0, 0.05) is 37.7 Å². The number of benzene rings is 2. The number of nitrogens with zero attached hydrogens (tertiary/aromatic N) is 3. The summed E-state index contributed by atoms with van der Waals surface area (Å²) in [6, 6.07) is 7.50. The maximum absolute atomic E-state index is 13.4. The lowest BCUT2D eigenvalue weighted by Gasteiger charge is -2.33. The smallest absolute Gasteiger partial charge is 0.328 e. The predicted molar refractivity (Wildman–Crippen MR) is 221 cm³/mol. The molecule has 4 rings (SSSR count). The Balaban J connectivity index is 0.000000406. The van der Waals surface area contributed by atoms with E-state index >= 15 is 0 Å². The average Bonchev–Trinajstić information content (AvgIpc) is 3.82. The number of likely N-dealkylation sites (N-methyl/N-ethyl adjacent to an activating group) is 1. The zero-order valence-electron chi connectivity index (χ0n) is 34.1. The topological polar surface area (TPSA) is 213 Å². The Hall–Kier alpha value is -5.01. The van der Waals surface area contributed by atoms with E-state index in [4.69, 9.17) is 22.1 Å². The molecule has 2 heterocycles. The number of hydrogen-bond acceptors (Lipinski definition) is 10. The van der Waals surface area contributed by atoms with Crippen LogP contribution in [0.5, 0.6) is 0 Å². The summed E-state index contributed by atoms with van der Waals surface area (Å²) in [6.45, 7) is 8.33. The maximum atomic E-state index is 13.4. The number of rotatable bonds is 15. The number of ether oxygens (including phenoxy) is 1. The van der Waals surface area contributed by atoms with E-state index in [1.54, 1.807) is 13.1 Å². The molecule has 2 fully saturated rings. The molecule has 2 saturated heterocycles. The standard InChI is InChI=1S/C23H39N5O6S.C9H9ClFN3O2.C7H7F/c1-15(2)25-21(31)19(12-24-35-5)26(4)22(32)18-11-16(3)13-28(18)20(30)8-10-34-23(33)17-7-6-9-27(17)14-29;10-5-1-2-7(6(11)3-5)14-9(16)13-4-8(12)15;1-6-3-2-4-7(8)5-6/h14-19,24H,6-13H2,1-5H3,(H,25,31);1-3H,4H2,(H2,12,15)(H2,13,14,16);2-5H,1H3. The summed E-state index contributed by atoms with van der Waals surface area (Å²) in [6.07, 6.45) is 4.22. The molecule has 2 aromatic carbocycles. The molecule has 0 aliphatic carbocycles. The lowest BCUT2D eigenvalue weighted by atomic mass is 10.1. The Kier molecular flexibility index (Phi) is 21.6. The number of aryl methyl sites for hydroxylation is 1. The van der Waals surface area contributed by atoms with E-state index in [0.717, 1.165) is 18.1 Å². The number of hydrogen-bond donors (Lipinski definition) is 5. The van der Waals surface area contributed by atoms with Gasteiger partial charge < -0.3 is 41.1 Å². The summed E-state index contributed by atoms with van der Waals surface area (Å²) >= 11 is 6.89. The summed E-state index contributed by atoms with van der Waals surface area (Å²) < 4.78 is 33.7. The van der Waals surface area contributed by atoms with E-state index < -0.39 is 41.9 Å². The van der Waals surface area contributed by atoms with Crippen LogP contribution in [0.3, 0.4) is 0 Å². The molecule has 0 bridgehead atoms. The number of halogens is 3. The van der Waals surface area contributed by atoms with Crippen molar-refractivity contribution in [3.8, 4) is 0 Å². The van der Waals surface area contributed by atoms with Crippen molar-refractivity contribution in [2.75, 3.05) is 51.4 Å². The van der Waals surface area contributed by atoms with Gasteiger partial charge in [0.1, 0.15) is 36.4 Å². The lowest BCUT2D eigenvalue weighted by Crippen LogP contribution is -2.57. The fourth-order valence-corrected chi connectivity index (χ4v) is 6.55. The summed E-state index contributed by atoms with van der Waals surface area (Å²) in [7, 11) is 1.59. The number of urea groups is 1. The Morgan fingerprint density at radius 2 is 1.81 bits per heavy atom. The number of primary amides is 1. The zero-order valence-corrected chi connectivity index (χ0v) is 35.7. The minimum Gasteiger partial charge on any atom is -0.464 e. The van der Waals surface area contributed by atoms with Crippen molar-refractivity contribution < 1.29 is 47.1 Å². The van der Waals surface area contributed by atoms with E-state index in [0.29, 0.717) is 32.3 Å². The van der Waals surface area contributed by atoms with Gasteiger partial charge in [-0.1, -0.05) is 42.6 Å². The van der Waals surface area contributed by atoms with Crippen molar-refractivity contribution >= 4 is 71.3 Å². The first-order chi connectivity index (χ1) is 27.9. The van der Waals surface area contributed by atoms with Crippen LogP contribution in [0.4, 0.5) is 19.3 Å². The number of carbonyl (C=O) groups is 7. The molecular weight excluding hydrogens is 814 g/mol. The molecule has 326 valence electrons. The number of likely N-dealkylation sites (tertiary alicyclic amines) is 2. The largest absolute Gasteiger partial charge is 0.464 e. The Labute approximate surface area is 352 Å². The van der Waals surface area contributed by atoms with Crippen molar-refractivity contribution in [3.05, 3.63) is 64.7 Å². The van der Waals surface area contributed by atoms with Gasteiger partial charge in [0.25, 0.3) is 0 Å². The monoisotopic (exact) mass is 868 g/mol. The minimum absolute atomic E-state index is 0.0358. The molecule has 2 aliphatic rings. The summed E-state index contributed by atoms with van der Waals surface area (Å²) in [4.78, 5) is 88.3. The van der Waals surface area contributed by atoms with E-state index in [2.05, 4.69) is 20.7 Å². The first-order valence-corrected chi connectivity index (χ1v) is 20.5. The van der Waals surface area contributed by atoms with Gasteiger partial charge >= 0.3 is 12.0 Å². The number of esters is 1. The molecule has 16 nitrogen and oxygen atoms in total. The van der Waals surface area contributed by atoms with Gasteiger partial charge in [-0.25, -0.2) is 18.4 Å². The highest BCUT2D eigenvalue weighted by molar-refractivity contribution is 7.96. The second kappa shape index (κ2) is 25.5. The second-order valence-electron chi connectivity index (χ2n) is 14.2. The quantitative estimate of drug-likeness (QED) is 0.100. The highest BCUT2D eigenvalue weighted by Crippen LogP contribution is 2.26. The average molecular weight is 869 g/mol. The molecule has 2 aromatic rings. The Morgan fingerprint density at radius 3 is 2.39 bits per heavy atom. The summed E-state index contributed by atoms with van der Waals surface area (Å²) in [5.74, 6) is -2.74. The summed E-state index contributed by atoms with van der Waals surface area (Å²) in [5, 5.41) is 7.43. The summed E-state index contributed by atoms with van der Waals surface area (Å²) in [5.41, 5.74) is 5.74. The highest BCUT2D eigenvalue weighted by atomic mass is 35.5. The number of amides is 7. The van der Waals surface area contributed by atoms with E-state index in [9.17, 15) is 42.3 Å². The molecule has 0 aromatic heterocycles. The van der Waals surface area contributed by atoms with Crippen molar-refractivity contribution in [1.82, 2.24) is 30.1 Å². The van der Waals surface area contributed by atoms with Crippen LogP contribution >= 0.6 is 23.5 Å². The van der Waals surface area contributed by atoms with Crippen molar-refractivity contribution in [2.24, 2.45) is 11.7 Å². The molecule has 20 heteroatoms. The van der Waals surface area contributed by atoms with Crippen LogP contribution in [0.2, 0.25) is 5.02 Å². The van der Waals surface area contributed by atoms with E-state index in [-0.39, 0.29) is 72.3 Å². The number of anilines is 1. The van der Waals surface area contributed by atoms with Gasteiger partial charge in [-0.05, 0) is 88.1 Å². The fraction of sp³-hybridized carbons (Fsp3) is 0.513.